The molecule has 1 nitrogen and oxygen atoms in total. The average molecular weight is 568 g/mol. The molecule has 40 heavy (non-hydrogen) atoms. The molecule has 0 spiro atoms. The summed E-state index contributed by atoms with van der Waals surface area (Å²) in [6.45, 7) is 29.0. The first-order valence-corrected chi connectivity index (χ1v) is 15.9. The molecule has 0 saturated heterocycles. The Kier molecular flexibility index (Phi) is 26.9. The van der Waals surface area contributed by atoms with Gasteiger partial charge < -0.3 is 5.32 Å². The largest absolute Gasteiger partial charge is 0.359 e. The van der Waals surface area contributed by atoms with Crippen LogP contribution in [0.1, 0.15) is 118 Å². The maximum atomic E-state index is 6.12. The molecular weight excluding hydrogens is 506 g/mol. The van der Waals surface area contributed by atoms with Gasteiger partial charge in [-0.15, -0.1) is 19.7 Å². The highest BCUT2D eigenvalue weighted by Crippen LogP contribution is 2.28. The molecule has 1 aromatic rings. The number of allylic oxidation sites excluding steroid dienone is 8. The van der Waals surface area contributed by atoms with Gasteiger partial charge in [-0.2, -0.15) is 0 Å². The van der Waals surface area contributed by atoms with Gasteiger partial charge in [-0.3, -0.25) is 0 Å². The Morgan fingerprint density at radius 3 is 2.33 bits per heavy atom. The summed E-state index contributed by atoms with van der Waals surface area (Å²) < 4.78 is 0. The first-order valence-electron chi connectivity index (χ1n) is 15.5. The highest BCUT2D eigenvalue weighted by Gasteiger charge is 2.12. The molecule has 2 atom stereocenters. The fourth-order valence-corrected chi connectivity index (χ4v) is 4.73. The second-order valence-electron chi connectivity index (χ2n) is 10.7. The SMILES string of the molecule is C/C=C\C(C)=C/CC.C=C.C=C(C)CCCC1CC=CCC1.C=C(Nc1cccc(Cl)c1C)C(CC)CCCC. The van der Waals surface area contributed by atoms with Crippen LogP contribution in [-0.4, -0.2) is 0 Å². The minimum Gasteiger partial charge on any atom is -0.359 e. The van der Waals surface area contributed by atoms with E-state index in [1.165, 1.54) is 68.9 Å². The van der Waals surface area contributed by atoms with Crippen LogP contribution in [0, 0.1) is 18.8 Å². The summed E-state index contributed by atoms with van der Waals surface area (Å²) >= 11 is 6.12. The first kappa shape index (κ1) is 39.9. The summed E-state index contributed by atoms with van der Waals surface area (Å²) in [5, 5.41) is 4.23. The number of anilines is 1. The molecule has 0 aliphatic heterocycles. The van der Waals surface area contributed by atoms with Gasteiger partial charge in [-0.05, 0) is 115 Å². The zero-order chi connectivity index (χ0) is 30.8. The Bertz CT molecular complexity index is 889. The van der Waals surface area contributed by atoms with Gasteiger partial charge >= 0.3 is 0 Å². The normalized spacial score (nSPS) is 15.0. The van der Waals surface area contributed by atoms with Gasteiger partial charge in [-0.1, -0.05) is 99.4 Å². The highest BCUT2D eigenvalue weighted by molar-refractivity contribution is 6.31. The van der Waals surface area contributed by atoms with Crippen LogP contribution < -0.4 is 5.32 Å². The third-order valence-corrected chi connectivity index (χ3v) is 7.41. The predicted octanol–water partition coefficient (Wildman–Crippen LogP) is 13.6. The number of nitrogens with one attached hydrogen (secondary N) is 1. The maximum absolute atomic E-state index is 6.12. The monoisotopic (exact) mass is 567 g/mol. The molecular formula is C38H62ClN. The van der Waals surface area contributed by atoms with Crippen molar-refractivity contribution < 1.29 is 0 Å². The minimum absolute atomic E-state index is 0.545. The van der Waals surface area contributed by atoms with Crippen LogP contribution >= 0.6 is 11.6 Å². The molecule has 0 amide bonds. The third-order valence-electron chi connectivity index (χ3n) is 7.00. The molecule has 0 aromatic heterocycles. The van der Waals surface area contributed by atoms with Crippen LogP contribution in [0.2, 0.25) is 5.02 Å². The summed E-state index contributed by atoms with van der Waals surface area (Å²) in [6, 6.07) is 5.94. The van der Waals surface area contributed by atoms with Gasteiger partial charge in [0.1, 0.15) is 0 Å². The molecule has 0 fully saturated rings. The Hall–Kier alpha value is -2.25. The lowest BCUT2D eigenvalue weighted by Crippen LogP contribution is -2.11. The second kappa shape index (κ2) is 26.9. The second-order valence-corrected chi connectivity index (χ2v) is 11.1. The molecule has 1 aliphatic rings. The van der Waals surface area contributed by atoms with Gasteiger partial charge in [0.15, 0.2) is 0 Å². The summed E-state index contributed by atoms with van der Waals surface area (Å²) in [5.41, 5.74) is 5.96. The van der Waals surface area contributed by atoms with Crippen molar-refractivity contribution >= 4 is 17.3 Å². The van der Waals surface area contributed by atoms with Crippen molar-refractivity contribution in [1.82, 2.24) is 0 Å². The van der Waals surface area contributed by atoms with Gasteiger partial charge in [-0.25, -0.2) is 0 Å². The quantitative estimate of drug-likeness (QED) is 0.184. The van der Waals surface area contributed by atoms with Crippen LogP contribution in [-0.2, 0) is 0 Å². The number of benzene rings is 1. The standard InChI is InChI=1S/C16H24ClN.C12H20.C8H14.C2H4/c1-5-7-9-14(6-2)13(4)18-16-11-8-10-15(17)12(16)3;1-11(2)7-6-10-12-8-4-3-5-9-12;1-4-6-8(3)7-5-2;1-2/h8,10-11,14,18H,4-7,9H2,1-3H3;3-4,12H,1,5-10H2,2H3;4,6-7H,5H2,1-3H3;1-2H2/b;;6-4-,8-7-;. The van der Waals surface area contributed by atoms with Crippen LogP contribution in [0.25, 0.3) is 0 Å². The molecule has 0 bridgehead atoms. The van der Waals surface area contributed by atoms with Crippen LogP contribution in [0.3, 0.4) is 0 Å². The lowest BCUT2D eigenvalue weighted by Gasteiger charge is -2.20. The lowest BCUT2D eigenvalue weighted by atomic mass is 9.89. The minimum atomic E-state index is 0.545. The van der Waals surface area contributed by atoms with Crippen LogP contribution in [0.5, 0.6) is 0 Å². The smallest absolute Gasteiger partial charge is 0.0455 e. The predicted molar refractivity (Wildman–Crippen MR) is 188 cm³/mol. The van der Waals surface area contributed by atoms with E-state index in [2.05, 4.69) is 103 Å². The first-order chi connectivity index (χ1) is 19.2. The van der Waals surface area contributed by atoms with E-state index < -0.39 is 0 Å². The summed E-state index contributed by atoms with van der Waals surface area (Å²) in [4.78, 5) is 0. The zero-order valence-electron chi connectivity index (χ0n) is 27.3. The number of hydrogen-bond donors (Lipinski definition) is 1. The number of hydrogen-bond acceptors (Lipinski definition) is 1. The van der Waals surface area contributed by atoms with Crippen molar-refractivity contribution in [3.8, 4) is 0 Å². The average Bonchev–Trinajstić information content (AvgIpc) is 2.94. The van der Waals surface area contributed by atoms with E-state index in [9.17, 15) is 0 Å². The molecule has 1 aliphatic carbocycles. The van der Waals surface area contributed by atoms with E-state index in [0.29, 0.717) is 5.92 Å². The van der Waals surface area contributed by atoms with E-state index in [0.717, 1.165) is 40.7 Å². The van der Waals surface area contributed by atoms with E-state index in [4.69, 9.17) is 11.6 Å². The maximum Gasteiger partial charge on any atom is 0.0455 e. The molecule has 1 N–H and O–H groups in total. The molecule has 1 aromatic carbocycles. The van der Waals surface area contributed by atoms with Crippen molar-refractivity contribution in [3.05, 3.63) is 102 Å². The molecule has 2 unspecified atom stereocenters. The van der Waals surface area contributed by atoms with Crippen molar-refractivity contribution in [2.75, 3.05) is 5.32 Å². The van der Waals surface area contributed by atoms with Gasteiger partial charge in [0.25, 0.3) is 0 Å². The van der Waals surface area contributed by atoms with Gasteiger partial charge in [0.05, 0.1) is 0 Å². The Morgan fingerprint density at radius 1 is 1.10 bits per heavy atom. The molecule has 2 rings (SSSR count). The van der Waals surface area contributed by atoms with E-state index in [-0.39, 0.29) is 0 Å². The molecule has 226 valence electrons. The topological polar surface area (TPSA) is 12.0 Å². The summed E-state index contributed by atoms with van der Waals surface area (Å²) in [6.07, 6.45) is 25.0. The Balaban J connectivity index is 0. The molecule has 0 saturated carbocycles. The third kappa shape index (κ3) is 20.6. The fourth-order valence-electron chi connectivity index (χ4n) is 4.56. The Morgan fingerprint density at radius 2 is 1.80 bits per heavy atom. The van der Waals surface area contributed by atoms with Crippen LogP contribution in [0.15, 0.2) is 91.7 Å². The van der Waals surface area contributed by atoms with Crippen molar-refractivity contribution in [3.63, 3.8) is 0 Å². The van der Waals surface area contributed by atoms with Crippen molar-refractivity contribution in [2.45, 2.75) is 119 Å². The Labute approximate surface area is 255 Å². The summed E-state index contributed by atoms with van der Waals surface area (Å²) in [7, 11) is 0. The van der Waals surface area contributed by atoms with E-state index in [1.54, 1.807) is 0 Å². The number of unbranched alkanes of at least 4 members (excludes halogenated alkanes) is 1. The van der Waals surface area contributed by atoms with Gasteiger partial charge in [0, 0.05) is 16.4 Å². The molecule has 2 heteroatoms. The lowest BCUT2D eigenvalue weighted by molar-refractivity contribution is 0.432. The van der Waals surface area contributed by atoms with Crippen molar-refractivity contribution in [2.24, 2.45) is 11.8 Å². The van der Waals surface area contributed by atoms with E-state index >= 15 is 0 Å². The van der Waals surface area contributed by atoms with E-state index in [1.807, 2.05) is 26.0 Å². The zero-order valence-corrected chi connectivity index (χ0v) is 28.0. The molecule has 0 radical (unpaired) electrons. The molecule has 0 heterocycles. The fraction of sp³-hybridized carbons (Fsp3) is 0.526. The number of halogens is 1. The highest BCUT2D eigenvalue weighted by atomic mass is 35.5. The number of rotatable bonds is 13. The van der Waals surface area contributed by atoms with Crippen LogP contribution in [0.4, 0.5) is 5.69 Å². The van der Waals surface area contributed by atoms with Gasteiger partial charge in [0.2, 0.25) is 0 Å². The van der Waals surface area contributed by atoms with Crippen molar-refractivity contribution in [1.29, 1.82) is 0 Å². The summed E-state index contributed by atoms with van der Waals surface area (Å²) in [5.74, 6) is 1.51.